The second-order valence-electron chi connectivity index (χ2n) is 3.75. The highest BCUT2D eigenvalue weighted by atomic mass is 32.1. The first-order valence-corrected chi connectivity index (χ1v) is 6.01. The molecule has 16 heavy (non-hydrogen) atoms. The van der Waals surface area contributed by atoms with Gasteiger partial charge in [0.25, 0.3) is 5.89 Å². The van der Waals surface area contributed by atoms with Gasteiger partial charge in [-0.1, -0.05) is 6.07 Å². The van der Waals surface area contributed by atoms with Gasteiger partial charge in [-0.25, -0.2) is 4.98 Å². The zero-order chi connectivity index (χ0) is 11.0. The minimum Gasteiger partial charge on any atom is -0.431 e. The second-order valence-corrected chi connectivity index (χ2v) is 4.70. The number of hydrogen-bond acceptors (Lipinski definition) is 4. The number of carbonyl (C=O) groups excluding carboxylic acids is 1. The standard InChI is InChI=1S/C11H10N2O2S/c14-10(13-7-3-4-7)11-12-6-8(15-11)9-2-1-5-16-9/h1-2,5-7H,3-4H2,(H,13,14). The van der Waals surface area contributed by atoms with E-state index in [2.05, 4.69) is 10.3 Å². The van der Waals surface area contributed by atoms with Crippen LogP contribution in [0.25, 0.3) is 10.6 Å². The van der Waals surface area contributed by atoms with Gasteiger partial charge in [-0.15, -0.1) is 11.3 Å². The number of carbonyl (C=O) groups is 1. The highest BCUT2D eigenvalue weighted by Crippen LogP contribution is 2.25. The van der Waals surface area contributed by atoms with Gasteiger partial charge >= 0.3 is 5.91 Å². The lowest BCUT2D eigenvalue weighted by Gasteiger charge is -1.97. The van der Waals surface area contributed by atoms with Crippen LogP contribution in [0.2, 0.25) is 0 Å². The molecule has 0 saturated heterocycles. The molecule has 82 valence electrons. The van der Waals surface area contributed by atoms with Crippen LogP contribution in [-0.2, 0) is 0 Å². The quantitative estimate of drug-likeness (QED) is 0.886. The molecule has 0 bridgehead atoms. The molecule has 3 rings (SSSR count). The van der Waals surface area contributed by atoms with Crippen molar-refractivity contribution in [1.82, 2.24) is 10.3 Å². The fourth-order valence-corrected chi connectivity index (χ4v) is 2.06. The van der Waals surface area contributed by atoms with E-state index in [9.17, 15) is 4.79 Å². The molecule has 1 saturated carbocycles. The van der Waals surface area contributed by atoms with Gasteiger partial charge < -0.3 is 9.73 Å². The summed E-state index contributed by atoms with van der Waals surface area (Å²) in [7, 11) is 0. The van der Waals surface area contributed by atoms with Crippen molar-refractivity contribution < 1.29 is 9.21 Å². The number of hydrogen-bond donors (Lipinski definition) is 1. The van der Waals surface area contributed by atoms with Crippen molar-refractivity contribution in [3.63, 3.8) is 0 Å². The molecule has 2 aromatic heterocycles. The zero-order valence-electron chi connectivity index (χ0n) is 8.47. The molecule has 1 N–H and O–H groups in total. The molecule has 0 radical (unpaired) electrons. The summed E-state index contributed by atoms with van der Waals surface area (Å²) in [5, 5.41) is 4.80. The summed E-state index contributed by atoms with van der Waals surface area (Å²) in [5.74, 6) is 0.580. The summed E-state index contributed by atoms with van der Waals surface area (Å²) < 4.78 is 5.41. The Balaban J connectivity index is 1.79. The number of nitrogens with zero attached hydrogens (tertiary/aromatic N) is 1. The zero-order valence-corrected chi connectivity index (χ0v) is 9.29. The van der Waals surface area contributed by atoms with Crippen LogP contribution in [0.4, 0.5) is 0 Å². The molecule has 2 heterocycles. The van der Waals surface area contributed by atoms with Crippen molar-refractivity contribution in [2.75, 3.05) is 0 Å². The Bertz CT molecular complexity index is 500. The van der Waals surface area contributed by atoms with E-state index in [0.29, 0.717) is 11.8 Å². The number of rotatable bonds is 3. The highest BCUT2D eigenvalue weighted by Gasteiger charge is 2.26. The van der Waals surface area contributed by atoms with E-state index in [4.69, 9.17) is 4.42 Å². The third kappa shape index (κ3) is 1.86. The lowest BCUT2D eigenvalue weighted by molar-refractivity contribution is 0.0917. The minimum absolute atomic E-state index is 0.148. The van der Waals surface area contributed by atoms with Gasteiger partial charge in [0.05, 0.1) is 11.1 Å². The minimum atomic E-state index is -0.217. The molecule has 1 aliphatic rings. The van der Waals surface area contributed by atoms with Crippen molar-refractivity contribution >= 4 is 17.2 Å². The van der Waals surface area contributed by atoms with Crippen molar-refractivity contribution in [2.45, 2.75) is 18.9 Å². The van der Waals surface area contributed by atoms with E-state index < -0.39 is 0 Å². The van der Waals surface area contributed by atoms with Gasteiger partial charge in [-0.3, -0.25) is 4.79 Å². The largest absolute Gasteiger partial charge is 0.431 e. The van der Waals surface area contributed by atoms with Crippen LogP contribution in [0, 0.1) is 0 Å². The molecule has 1 fully saturated rings. The first-order chi connectivity index (χ1) is 7.83. The van der Waals surface area contributed by atoms with Crippen molar-refractivity contribution in [2.24, 2.45) is 0 Å². The Labute approximate surface area is 96.3 Å². The molecule has 0 atom stereocenters. The number of oxazole rings is 1. The van der Waals surface area contributed by atoms with Crippen LogP contribution in [0.3, 0.4) is 0 Å². The summed E-state index contributed by atoms with van der Waals surface area (Å²) in [6, 6.07) is 4.20. The van der Waals surface area contributed by atoms with Gasteiger partial charge in [0, 0.05) is 6.04 Å². The number of nitrogens with one attached hydrogen (secondary N) is 1. The molecular weight excluding hydrogens is 224 g/mol. The van der Waals surface area contributed by atoms with Crippen LogP contribution in [0.15, 0.2) is 28.1 Å². The maximum atomic E-state index is 11.6. The van der Waals surface area contributed by atoms with Crippen LogP contribution >= 0.6 is 11.3 Å². The van der Waals surface area contributed by atoms with Gasteiger partial charge in [0.2, 0.25) is 0 Å². The third-order valence-electron chi connectivity index (χ3n) is 2.38. The summed E-state index contributed by atoms with van der Waals surface area (Å²) in [5.41, 5.74) is 0. The molecular formula is C11H10N2O2S. The Hall–Kier alpha value is -1.62. The lowest BCUT2D eigenvalue weighted by Crippen LogP contribution is -2.25. The summed E-state index contributed by atoms with van der Waals surface area (Å²) in [6.07, 6.45) is 3.71. The topological polar surface area (TPSA) is 55.1 Å². The Morgan fingerprint density at radius 2 is 2.44 bits per heavy atom. The number of amides is 1. The Morgan fingerprint density at radius 1 is 1.56 bits per heavy atom. The molecule has 1 amide bonds. The monoisotopic (exact) mass is 234 g/mol. The average molecular weight is 234 g/mol. The first kappa shape index (κ1) is 9.59. The second kappa shape index (κ2) is 3.75. The van der Waals surface area contributed by atoms with E-state index in [1.54, 1.807) is 17.5 Å². The van der Waals surface area contributed by atoms with Gasteiger partial charge in [0.1, 0.15) is 0 Å². The molecule has 0 spiro atoms. The van der Waals surface area contributed by atoms with Crippen LogP contribution in [-0.4, -0.2) is 16.9 Å². The van der Waals surface area contributed by atoms with Crippen molar-refractivity contribution in [1.29, 1.82) is 0 Å². The fraction of sp³-hybridized carbons (Fsp3) is 0.273. The molecule has 2 aromatic rings. The Kier molecular flexibility index (Phi) is 2.25. The van der Waals surface area contributed by atoms with Gasteiger partial charge in [-0.05, 0) is 24.3 Å². The maximum Gasteiger partial charge on any atom is 0.307 e. The molecule has 4 nitrogen and oxygen atoms in total. The van der Waals surface area contributed by atoms with Gasteiger partial charge in [0.15, 0.2) is 5.76 Å². The highest BCUT2D eigenvalue weighted by molar-refractivity contribution is 7.13. The predicted molar refractivity (Wildman–Crippen MR) is 60.3 cm³/mol. The van der Waals surface area contributed by atoms with E-state index in [-0.39, 0.29) is 11.8 Å². The van der Waals surface area contributed by atoms with E-state index in [0.717, 1.165) is 17.7 Å². The summed E-state index contributed by atoms with van der Waals surface area (Å²) in [4.78, 5) is 16.6. The van der Waals surface area contributed by atoms with E-state index in [1.165, 1.54) is 0 Å². The average Bonchev–Trinajstić information content (AvgIpc) is 2.84. The fourth-order valence-electron chi connectivity index (χ4n) is 1.39. The summed E-state index contributed by atoms with van der Waals surface area (Å²) >= 11 is 1.56. The van der Waals surface area contributed by atoms with Gasteiger partial charge in [-0.2, -0.15) is 0 Å². The van der Waals surface area contributed by atoms with E-state index in [1.807, 2.05) is 17.5 Å². The smallest absolute Gasteiger partial charge is 0.307 e. The number of thiophene rings is 1. The number of aromatic nitrogens is 1. The third-order valence-corrected chi connectivity index (χ3v) is 3.26. The van der Waals surface area contributed by atoms with Crippen LogP contribution in [0.5, 0.6) is 0 Å². The maximum absolute atomic E-state index is 11.6. The van der Waals surface area contributed by atoms with Crippen LogP contribution < -0.4 is 5.32 Å². The molecule has 0 unspecified atom stereocenters. The predicted octanol–water partition coefficient (Wildman–Crippen LogP) is 2.30. The molecule has 5 heteroatoms. The summed E-state index contributed by atoms with van der Waals surface area (Å²) in [6.45, 7) is 0. The SMILES string of the molecule is O=C(NC1CC1)c1ncc(-c2cccs2)o1. The molecule has 1 aliphatic carbocycles. The molecule has 0 aromatic carbocycles. The first-order valence-electron chi connectivity index (χ1n) is 5.13. The van der Waals surface area contributed by atoms with Crippen LogP contribution in [0.1, 0.15) is 23.5 Å². The van der Waals surface area contributed by atoms with Crippen molar-refractivity contribution in [3.05, 3.63) is 29.6 Å². The van der Waals surface area contributed by atoms with E-state index >= 15 is 0 Å². The molecule has 0 aliphatic heterocycles. The van der Waals surface area contributed by atoms with Crippen molar-refractivity contribution in [3.8, 4) is 10.6 Å². The lowest BCUT2D eigenvalue weighted by atomic mass is 10.4. The normalized spacial score (nSPS) is 15.0. The Morgan fingerprint density at radius 3 is 3.12 bits per heavy atom.